The summed E-state index contributed by atoms with van der Waals surface area (Å²) in [5.41, 5.74) is 0. The molecule has 19 heavy (non-hydrogen) atoms. The first-order valence-electron chi connectivity index (χ1n) is 7.33. The molecule has 106 valence electrons. The van der Waals surface area contributed by atoms with Gasteiger partial charge in [0.1, 0.15) is 12.6 Å². The average molecular weight is 282 g/mol. The van der Waals surface area contributed by atoms with Gasteiger partial charge in [-0.15, -0.1) is 0 Å². The second kappa shape index (κ2) is 5.35. The number of hydrogen-bond donors (Lipinski definition) is 0. The van der Waals surface area contributed by atoms with Crippen molar-refractivity contribution in [1.29, 1.82) is 0 Å². The van der Waals surface area contributed by atoms with Gasteiger partial charge in [0.2, 0.25) is 11.8 Å². The van der Waals surface area contributed by atoms with Gasteiger partial charge in [-0.3, -0.25) is 9.59 Å². The van der Waals surface area contributed by atoms with Crippen LogP contribution in [-0.2, 0) is 9.59 Å². The number of thioether (sulfide) groups is 1. The Bertz CT molecular complexity index is 388. The van der Waals surface area contributed by atoms with Crippen LogP contribution in [0.1, 0.15) is 38.5 Å². The third kappa shape index (κ3) is 2.37. The van der Waals surface area contributed by atoms with E-state index in [2.05, 4.69) is 6.26 Å². The Kier molecular flexibility index (Phi) is 3.74. The van der Waals surface area contributed by atoms with E-state index in [0.717, 1.165) is 32.2 Å². The number of amides is 2. The summed E-state index contributed by atoms with van der Waals surface area (Å²) in [5, 5.41) is 0.656. The van der Waals surface area contributed by atoms with Crippen molar-refractivity contribution in [2.45, 2.75) is 55.9 Å². The summed E-state index contributed by atoms with van der Waals surface area (Å²) in [5.74, 6) is 0.372. The van der Waals surface area contributed by atoms with Gasteiger partial charge in [0.25, 0.3) is 0 Å². The molecule has 1 aliphatic carbocycles. The highest BCUT2D eigenvalue weighted by Crippen LogP contribution is 2.33. The first-order chi connectivity index (χ1) is 9.20. The maximum absolute atomic E-state index is 12.6. The van der Waals surface area contributed by atoms with E-state index in [9.17, 15) is 9.59 Å². The number of carbonyl (C=O) groups excluding carboxylic acids is 2. The molecule has 0 N–H and O–H groups in total. The zero-order valence-corrected chi connectivity index (χ0v) is 12.3. The van der Waals surface area contributed by atoms with E-state index in [1.165, 1.54) is 12.8 Å². The molecule has 2 amide bonds. The molecule has 2 aliphatic heterocycles. The highest BCUT2D eigenvalue weighted by molar-refractivity contribution is 7.99. The average Bonchev–Trinajstić information content (AvgIpc) is 2.93. The number of piperazine rings is 1. The lowest BCUT2D eigenvalue weighted by atomic mass is 9.92. The molecule has 5 heteroatoms. The third-order valence-electron chi connectivity index (χ3n) is 4.82. The van der Waals surface area contributed by atoms with E-state index in [1.807, 2.05) is 16.7 Å². The number of rotatable bonds is 2. The standard InChI is InChI=1S/C14H22N2O2S/c1-19-11-5-2-4-10(8-11)16-9-13(17)15-7-3-6-12(15)14(16)18/h10-12H,2-9H2,1H3. The summed E-state index contributed by atoms with van der Waals surface area (Å²) in [6.07, 6.45) is 8.56. The second-order valence-electron chi connectivity index (χ2n) is 5.89. The van der Waals surface area contributed by atoms with Crippen LogP contribution < -0.4 is 0 Å². The van der Waals surface area contributed by atoms with Gasteiger partial charge in [-0.25, -0.2) is 0 Å². The number of fused-ring (bicyclic) bond motifs is 1. The van der Waals surface area contributed by atoms with Gasteiger partial charge in [0.05, 0.1) is 0 Å². The zero-order valence-electron chi connectivity index (χ0n) is 11.5. The van der Waals surface area contributed by atoms with Crippen LogP contribution in [0.2, 0.25) is 0 Å². The molecule has 0 bridgehead atoms. The molecule has 0 radical (unpaired) electrons. The molecular weight excluding hydrogens is 260 g/mol. The molecule has 3 atom stereocenters. The molecule has 4 nitrogen and oxygen atoms in total. The van der Waals surface area contributed by atoms with Gasteiger partial charge < -0.3 is 9.80 Å². The number of carbonyl (C=O) groups is 2. The highest BCUT2D eigenvalue weighted by Gasteiger charge is 2.44. The molecule has 2 saturated heterocycles. The van der Waals surface area contributed by atoms with Gasteiger partial charge in [-0.2, -0.15) is 11.8 Å². The van der Waals surface area contributed by atoms with Crippen molar-refractivity contribution in [3.8, 4) is 0 Å². The first-order valence-corrected chi connectivity index (χ1v) is 8.62. The molecule has 2 heterocycles. The van der Waals surface area contributed by atoms with Crippen molar-refractivity contribution in [3.63, 3.8) is 0 Å². The Morgan fingerprint density at radius 1 is 1.11 bits per heavy atom. The van der Waals surface area contributed by atoms with Gasteiger partial charge >= 0.3 is 0 Å². The molecule has 0 aromatic heterocycles. The Balaban J connectivity index is 1.73. The summed E-state index contributed by atoms with van der Waals surface area (Å²) < 4.78 is 0. The summed E-state index contributed by atoms with van der Waals surface area (Å²) in [6.45, 7) is 1.10. The fraction of sp³-hybridized carbons (Fsp3) is 0.857. The van der Waals surface area contributed by atoms with E-state index in [1.54, 1.807) is 4.90 Å². The lowest BCUT2D eigenvalue weighted by molar-refractivity contribution is -0.156. The number of nitrogens with zero attached hydrogens (tertiary/aromatic N) is 2. The maximum atomic E-state index is 12.6. The normalized spacial score (nSPS) is 35.7. The largest absolute Gasteiger partial charge is 0.329 e. The molecule has 3 rings (SSSR count). The SMILES string of the molecule is CSC1CCCC(N2CC(=O)N3CCCC3C2=O)C1. The summed E-state index contributed by atoms with van der Waals surface area (Å²) in [4.78, 5) is 28.4. The van der Waals surface area contributed by atoms with Crippen molar-refractivity contribution >= 4 is 23.6 Å². The van der Waals surface area contributed by atoms with Gasteiger partial charge in [0, 0.05) is 17.8 Å². The van der Waals surface area contributed by atoms with Crippen molar-refractivity contribution in [2.24, 2.45) is 0 Å². The van der Waals surface area contributed by atoms with Crippen molar-refractivity contribution in [2.75, 3.05) is 19.3 Å². The zero-order chi connectivity index (χ0) is 13.4. The van der Waals surface area contributed by atoms with Crippen LogP contribution in [0.15, 0.2) is 0 Å². The summed E-state index contributed by atoms with van der Waals surface area (Å²) in [6, 6.07) is 0.154. The van der Waals surface area contributed by atoms with Crippen molar-refractivity contribution in [3.05, 3.63) is 0 Å². The molecule has 0 aromatic rings. The van der Waals surface area contributed by atoms with Crippen LogP contribution in [-0.4, -0.2) is 58.3 Å². The quantitative estimate of drug-likeness (QED) is 0.770. The fourth-order valence-electron chi connectivity index (χ4n) is 3.75. The van der Waals surface area contributed by atoms with Crippen LogP contribution >= 0.6 is 11.8 Å². The van der Waals surface area contributed by atoms with Crippen LogP contribution in [0.5, 0.6) is 0 Å². The Labute approximate surface area is 118 Å². The lowest BCUT2D eigenvalue weighted by Gasteiger charge is -2.43. The molecular formula is C14H22N2O2S. The van der Waals surface area contributed by atoms with Crippen molar-refractivity contribution in [1.82, 2.24) is 9.80 Å². The van der Waals surface area contributed by atoms with Crippen LogP contribution in [0.25, 0.3) is 0 Å². The third-order valence-corrected chi connectivity index (χ3v) is 5.91. The minimum absolute atomic E-state index is 0.143. The minimum atomic E-state index is -0.143. The second-order valence-corrected chi connectivity index (χ2v) is 7.03. The Morgan fingerprint density at radius 3 is 2.74 bits per heavy atom. The predicted octanol–water partition coefficient (Wildman–Crippen LogP) is 1.49. The van der Waals surface area contributed by atoms with Gasteiger partial charge in [-0.1, -0.05) is 6.42 Å². The van der Waals surface area contributed by atoms with Crippen LogP contribution in [0, 0.1) is 0 Å². The summed E-state index contributed by atoms with van der Waals surface area (Å²) >= 11 is 1.90. The predicted molar refractivity (Wildman–Crippen MR) is 76.0 cm³/mol. The minimum Gasteiger partial charge on any atom is -0.329 e. The Morgan fingerprint density at radius 2 is 1.95 bits per heavy atom. The molecule has 3 fully saturated rings. The first kappa shape index (κ1) is 13.3. The smallest absolute Gasteiger partial charge is 0.246 e. The van der Waals surface area contributed by atoms with Crippen LogP contribution in [0.4, 0.5) is 0 Å². The van der Waals surface area contributed by atoms with E-state index in [4.69, 9.17) is 0 Å². The van der Waals surface area contributed by atoms with Gasteiger partial charge in [-0.05, 0) is 38.4 Å². The Hall–Kier alpha value is -0.710. The monoisotopic (exact) mass is 282 g/mol. The molecule has 3 aliphatic rings. The van der Waals surface area contributed by atoms with Crippen molar-refractivity contribution < 1.29 is 9.59 Å². The maximum Gasteiger partial charge on any atom is 0.246 e. The van der Waals surface area contributed by atoms with E-state index < -0.39 is 0 Å². The molecule has 0 spiro atoms. The fourth-order valence-corrected chi connectivity index (χ4v) is 4.57. The topological polar surface area (TPSA) is 40.6 Å². The highest BCUT2D eigenvalue weighted by atomic mass is 32.2. The lowest BCUT2D eigenvalue weighted by Crippen LogP contribution is -2.60. The molecule has 0 aromatic carbocycles. The van der Waals surface area contributed by atoms with E-state index in [0.29, 0.717) is 17.8 Å². The van der Waals surface area contributed by atoms with Gasteiger partial charge in [0.15, 0.2) is 0 Å². The molecule has 3 unspecified atom stereocenters. The van der Waals surface area contributed by atoms with E-state index >= 15 is 0 Å². The summed E-state index contributed by atoms with van der Waals surface area (Å²) in [7, 11) is 0. The van der Waals surface area contributed by atoms with Crippen LogP contribution in [0.3, 0.4) is 0 Å². The molecule has 1 saturated carbocycles. The number of hydrogen-bond acceptors (Lipinski definition) is 3. The van der Waals surface area contributed by atoms with E-state index in [-0.39, 0.29) is 17.9 Å².